The Morgan fingerprint density at radius 2 is 2.42 bits per heavy atom. The standard InChI is InChI=1S/C14H19N3O2/c1-14(13(18)17-19)9-12(7-8-16-14)15-10-11-5-3-2-4-6-11/h2-5,7-9,11,15-16,19H,6,10H2,1H3,(H,17,18). The van der Waals surface area contributed by atoms with Crippen molar-refractivity contribution in [1.29, 1.82) is 0 Å². The highest BCUT2D eigenvalue weighted by atomic mass is 16.5. The molecular weight excluding hydrogens is 242 g/mol. The molecule has 102 valence electrons. The van der Waals surface area contributed by atoms with Crippen molar-refractivity contribution in [3.63, 3.8) is 0 Å². The van der Waals surface area contributed by atoms with Gasteiger partial charge in [0.15, 0.2) is 0 Å². The molecule has 2 rings (SSSR count). The lowest BCUT2D eigenvalue weighted by Crippen LogP contribution is -2.52. The summed E-state index contributed by atoms with van der Waals surface area (Å²) in [7, 11) is 0. The lowest BCUT2D eigenvalue weighted by Gasteiger charge is -2.28. The molecule has 1 heterocycles. The van der Waals surface area contributed by atoms with Crippen molar-refractivity contribution < 1.29 is 10.0 Å². The maximum absolute atomic E-state index is 11.6. The third-order valence-corrected chi connectivity index (χ3v) is 3.30. The third kappa shape index (κ3) is 3.26. The highest BCUT2D eigenvalue weighted by Gasteiger charge is 2.31. The maximum atomic E-state index is 11.6. The molecule has 0 spiro atoms. The Labute approximate surface area is 112 Å². The molecule has 0 radical (unpaired) electrons. The first kappa shape index (κ1) is 13.4. The van der Waals surface area contributed by atoms with Crippen LogP contribution in [0.15, 0.2) is 48.4 Å². The van der Waals surface area contributed by atoms with Crippen LogP contribution in [0.1, 0.15) is 13.3 Å². The number of hydroxylamine groups is 1. The van der Waals surface area contributed by atoms with E-state index in [-0.39, 0.29) is 0 Å². The van der Waals surface area contributed by atoms with Gasteiger partial charge >= 0.3 is 0 Å². The van der Waals surface area contributed by atoms with Gasteiger partial charge in [-0.15, -0.1) is 0 Å². The second-order valence-corrected chi connectivity index (χ2v) is 4.91. The fraction of sp³-hybridized carbons (Fsp3) is 0.357. The molecule has 0 aromatic rings. The second-order valence-electron chi connectivity index (χ2n) is 4.91. The lowest BCUT2D eigenvalue weighted by atomic mass is 9.97. The average molecular weight is 261 g/mol. The molecule has 5 heteroatoms. The normalized spacial score (nSPS) is 28.5. The van der Waals surface area contributed by atoms with E-state index >= 15 is 0 Å². The molecule has 0 fully saturated rings. The Bertz CT molecular complexity index is 465. The molecule has 0 aromatic heterocycles. The molecule has 0 aromatic carbocycles. The van der Waals surface area contributed by atoms with Crippen molar-refractivity contribution in [3.05, 3.63) is 48.4 Å². The van der Waals surface area contributed by atoms with Gasteiger partial charge in [-0.2, -0.15) is 0 Å². The van der Waals surface area contributed by atoms with E-state index in [2.05, 4.69) is 22.8 Å². The van der Waals surface area contributed by atoms with E-state index in [1.807, 2.05) is 18.2 Å². The van der Waals surface area contributed by atoms with Gasteiger partial charge < -0.3 is 10.6 Å². The summed E-state index contributed by atoms with van der Waals surface area (Å²) in [6.07, 6.45) is 14.8. The Hall–Kier alpha value is -2.01. The maximum Gasteiger partial charge on any atom is 0.272 e. The van der Waals surface area contributed by atoms with Gasteiger partial charge in [0.1, 0.15) is 5.54 Å². The number of allylic oxidation sites excluding steroid dienone is 4. The van der Waals surface area contributed by atoms with Crippen LogP contribution in [-0.2, 0) is 4.79 Å². The molecule has 19 heavy (non-hydrogen) atoms. The number of rotatable bonds is 4. The van der Waals surface area contributed by atoms with Crippen LogP contribution in [0.5, 0.6) is 0 Å². The van der Waals surface area contributed by atoms with Crippen LogP contribution < -0.4 is 16.1 Å². The van der Waals surface area contributed by atoms with Gasteiger partial charge in [-0.1, -0.05) is 24.3 Å². The molecule has 1 aliphatic heterocycles. The minimum absolute atomic E-state index is 0.465. The molecule has 5 nitrogen and oxygen atoms in total. The summed E-state index contributed by atoms with van der Waals surface area (Å²) in [5.41, 5.74) is 1.61. The van der Waals surface area contributed by atoms with E-state index in [1.165, 1.54) is 0 Å². The van der Waals surface area contributed by atoms with Crippen LogP contribution >= 0.6 is 0 Å². The summed E-state index contributed by atoms with van der Waals surface area (Å²) >= 11 is 0. The number of carbonyl (C=O) groups excluding carboxylic acids is 1. The van der Waals surface area contributed by atoms with Crippen molar-refractivity contribution in [2.75, 3.05) is 6.54 Å². The van der Waals surface area contributed by atoms with E-state index < -0.39 is 11.4 Å². The van der Waals surface area contributed by atoms with Crippen molar-refractivity contribution in [2.24, 2.45) is 5.92 Å². The van der Waals surface area contributed by atoms with E-state index in [0.717, 1.165) is 18.7 Å². The molecule has 2 aliphatic rings. The van der Waals surface area contributed by atoms with Gasteiger partial charge in [0.25, 0.3) is 5.91 Å². The Kier molecular flexibility index (Phi) is 4.06. The van der Waals surface area contributed by atoms with Gasteiger partial charge in [0.05, 0.1) is 0 Å². The fourth-order valence-electron chi connectivity index (χ4n) is 2.09. The summed E-state index contributed by atoms with van der Waals surface area (Å²) in [4.78, 5) is 11.6. The van der Waals surface area contributed by atoms with Crippen LogP contribution in [0.25, 0.3) is 0 Å². The SMILES string of the molecule is CC1(C(=O)NO)C=C(NCC2C=CC=CC2)C=CN1. The highest BCUT2D eigenvalue weighted by Crippen LogP contribution is 2.15. The lowest BCUT2D eigenvalue weighted by molar-refractivity contribution is -0.133. The fourth-order valence-corrected chi connectivity index (χ4v) is 2.09. The van der Waals surface area contributed by atoms with Crippen LogP contribution in [0.3, 0.4) is 0 Å². The molecule has 0 saturated heterocycles. The largest absolute Gasteiger partial charge is 0.385 e. The Balaban J connectivity index is 1.96. The number of nitrogens with one attached hydrogen (secondary N) is 3. The smallest absolute Gasteiger partial charge is 0.272 e. The molecule has 1 aliphatic carbocycles. The first-order valence-corrected chi connectivity index (χ1v) is 6.33. The first-order valence-electron chi connectivity index (χ1n) is 6.33. The zero-order valence-electron chi connectivity index (χ0n) is 10.9. The van der Waals surface area contributed by atoms with Gasteiger partial charge in [-0.25, -0.2) is 5.48 Å². The summed E-state index contributed by atoms with van der Waals surface area (Å²) in [6, 6.07) is 0. The number of carbonyl (C=O) groups is 1. The van der Waals surface area contributed by atoms with Crippen LogP contribution in [-0.4, -0.2) is 23.2 Å². The third-order valence-electron chi connectivity index (χ3n) is 3.30. The number of dihydropyridines is 1. The molecule has 0 saturated carbocycles. The van der Waals surface area contributed by atoms with E-state index in [1.54, 1.807) is 24.7 Å². The number of amides is 1. The second kappa shape index (κ2) is 5.75. The predicted molar refractivity (Wildman–Crippen MR) is 73.1 cm³/mol. The monoisotopic (exact) mass is 261 g/mol. The minimum Gasteiger partial charge on any atom is -0.385 e. The molecular formula is C14H19N3O2. The van der Waals surface area contributed by atoms with Crippen LogP contribution in [0, 0.1) is 5.92 Å². The predicted octanol–water partition coefficient (Wildman–Crippen LogP) is 0.973. The molecule has 1 amide bonds. The average Bonchev–Trinajstić information content (AvgIpc) is 2.45. The minimum atomic E-state index is -0.936. The topological polar surface area (TPSA) is 73.4 Å². The van der Waals surface area contributed by atoms with Gasteiger partial charge in [-0.3, -0.25) is 10.0 Å². The zero-order valence-corrected chi connectivity index (χ0v) is 10.9. The van der Waals surface area contributed by atoms with E-state index in [9.17, 15) is 4.79 Å². The molecule has 4 N–H and O–H groups in total. The van der Waals surface area contributed by atoms with Crippen molar-refractivity contribution in [2.45, 2.75) is 18.9 Å². The molecule has 0 bridgehead atoms. The first-order chi connectivity index (χ1) is 9.14. The number of hydrogen-bond acceptors (Lipinski definition) is 4. The number of hydrogen-bond donors (Lipinski definition) is 4. The van der Waals surface area contributed by atoms with Gasteiger partial charge in [0.2, 0.25) is 0 Å². The highest BCUT2D eigenvalue weighted by molar-refractivity contribution is 5.87. The summed E-state index contributed by atoms with van der Waals surface area (Å²) in [5.74, 6) is -0.0243. The van der Waals surface area contributed by atoms with E-state index in [4.69, 9.17) is 5.21 Å². The quantitative estimate of drug-likeness (QED) is 0.449. The van der Waals surface area contributed by atoms with Crippen LogP contribution in [0.4, 0.5) is 0 Å². The van der Waals surface area contributed by atoms with E-state index in [0.29, 0.717) is 5.92 Å². The summed E-state index contributed by atoms with van der Waals surface area (Å²) in [6.45, 7) is 2.51. The van der Waals surface area contributed by atoms with Crippen molar-refractivity contribution in [1.82, 2.24) is 16.1 Å². The van der Waals surface area contributed by atoms with Crippen molar-refractivity contribution in [3.8, 4) is 0 Å². The van der Waals surface area contributed by atoms with Crippen molar-refractivity contribution >= 4 is 5.91 Å². The van der Waals surface area contributed by atoms with Gasteiger partial charge in [0, 0.05) is 12.2 Å². The summed E-state index contributed by atoms with van der Waals surface area (Å²) < 4.78 is 0. The Morgan fingerprint density at radius 3 is 3.11 bits per heavy atom. The Morgan fingerprint density at radius 1 is 1.58 bits per heavy atom. The van der Waals surface area contributed by atoms with Gasteiger partial charge in [-0.05, 0) is 37.6 Å². The summed E-state index contributed by atoms with van der Waals surface area (Å²) in [5, 5.41) is 15.0. The molecule has 2 unspecified atom stereocenters. The van der Waals surface area contributed by atoms with Crippen LogP contribution in [0.2, 0.25) is 0 Å². The molecule has 2 atom stereocenters. The zero-order chi connectivity index (χ0) is 13.7.